The summed E-state index contributed by atoms with van der Waals surface area (Å²) in [7, 11) is 0. The first-order valence-corrected chi connectivity index (χ1v) is 20.3. The van der Waals surface area contributed by atoms with Crippen molar-refractivity contribution in [1.82, 2.24) is 0 Å². The molecule has 256 valence electrons. The average Bonchev–Trinajstić information content (AvgIpc) is 3.73. The van der Waals surface area contributed by atoms with Gasteiger partial charge in [-0.3, -0.25) is 0 Å². The zero-order chi connectivity index (χ0) is 32.2. The van der Waals surface area contributed by atoms with E-state index < -0.39 is 0 Å². The van der Waals surface area contributed by atoms with Gasteiger partial charge in [0.05, 0.1) is 0 Å². The van der Waals surface area contributed by atoms with Crippen LogP contribution in [0.1, 0.15) is 42.9 Å². The summed E-state index contributed by atoms with van der Waals surface area (Å²) in [5.74, 6) is 0.614. The summed E-state index contributed by atoms with van der Waals surface area (Å²) in [6, 6.07) is 50.9. The van der Waals surface area contributed by atoms with Crippen molar-refractivity contribution in [3.8, 4) is 22.3 Å². The van der Waals surface area contributed by atoms with Gasteiger partial charge in [-0.15, -0.1) is 93.4 Å². The Bertz CT molecular complexity index is 2280. The minimum absolute atomic E-state index is 0. The van der Waals surface area contributed by atoms with Crippen molar-refractivity contribution in [2.24, 2.45) is 0 Å². The normalized spacial score (nSPS) is 10.7. The van der Waals surface area contributed by atoms with Crippen LogP contribution < -0.4 is 0 Å². The quantitative estimate of drug-likeness (QED) is 0.123. The van der Waals surface area contributed by atoms with Crippen molar-refractivity contribution in [2.45, 2.75) is 40.0 Å². The van der Waals surface area contributed by atoms with E-state index in [0.717, 1.165) is 0 Å². The summed E-state index contributed by atoms with van der Waals surface area (Å²) < 4.78 is 0. The first-order chi connectivity index (χ1) is 22.5. The second-order valence-corrected chi connectivity index (χ2v) is 12.2. The van der Waals surface area contributed by atoms with E-state index >= 15 is 0 Å². The Morgan fingerprint density at radius 2 is 1.04 bits per heavy atom. The number of halogens is 2. The van der Waals surface area contributed by atoms with Crippen molar-refractivity contribution < 1.29 is 23.3 Å². The molecule has 8 aromatic rings. The summed E-state index contributed by atoms with van der Waals surface area (Å²) in [4.78, 5) is 0. The second-order valence-electron chi connectivity index (χ2n) is 12.2. The van der Waals surface area contributed by atoms with Crippen LogP contribution in [0, 0.1) is 28.7 Å². The van der Waals surface area contributed by atoms with Gasteiger partial charge in [-0.25, -0.2) is 0 Å². The van der Waals surface area contributed by atoms with Gasteiger partial charge >= 0.3 is 30.2 Å². The van der Waals surface area contributed by atoms with E-state index in [1.54, 1.807) is 0 Å². The molecule has 2 radical (unpaired) electrons. The fourth-order valence-corrected chi connectivity index (χ4v) is 6.76. The fourth-order valence-electron chi connectivity index (χ4n) is 6.76. The molecule has 0 nitrogen and oxygen atoms in total. The first kappa shape index (κ1) is 42.9. The molecule has 0 spiro atoms. The molecule has 0 bridgehead atoms. The van der Waals surface area contributed by atoms with Crippen LogP contribution in [-0.2, 0) is 23.3 Å². The fraction of sp³-hybridized carbons (Fsp3) is 0.130. The number of aryl methyl sites for hydroxylation is 2. The van der Waals surface area contributed by atoms with Crippen LogP contribution in [0.4, 0.5) is 0 Å². The molecule has 0 heterocycles. The van der Waals surface area contributed by atoms with E-state index in [-0.39, 0.29) is 39.7 Å². The summed E-state index contributed by atoms with van der Waals surface area (Å²) in [5.41, 5.74) is 9.46. The predicted molar refractivity (Wildman–Crippen MR) is 226 cm³/mol. The van der Waals surface area contributed by atoms with E-state index in [1.165, 1.54) is 112 Å². The van der Waals surface area contributed by atoms with Crippen LogP contribution in [-0.4, -0.2) is 6.88 Å². The third kappa shape index (κ3) is 8.60. The van der Waals surface area contributed by atoms with E-state index in [1.807, 2.05) is 0 Å². The maximum atomic E-state index is 3.06. The Morgan fingerprint density at radius 1 is 0.560 bits per heavy atom. The molecule has 0 saturated carbocycles. The monoisotopic (exact) mass is 786 g/mol. The van der Waals surface area contributed by atoms with Crippen LogP contribution in [0.3, 0.4) is 0 Å². The molecule has 0 aliphatic rings. The molecule has 0 aromatic heterocycles. The first-order valence-electron chi connectivity index (χ1n) is 16.1. The predicted octanol–water partition coefficient (Wildman–Crippen LogP) is 14.2. The van der Waals surface area contributed by atoms with Gasteiger partial charge in [0, 0.05) is 0 Å². The van der Waals surface area contributed by atoms with Crippen LogP contribution in [0.2, 0.25) is 0 Å². The second kappa shape index (κ2) is 19.4. The summed E-state index contributed by atoms with van der Waals surface area (Å²) >= 11 is 1.36. The maximum absolute atomic E-state index is 3.06. The zero-order valence-corrected chi connectivity index (χ0v) is 35.0. The van der Waals surface area contributed by atoms with Crippen molar-refractivity contribution in [2.75, 3.05) is 0 Å². The Hall–Kier alpha value is -3.26. The topological polar surface area (TPSA) is 0 Å². The minimum atomic E-state index is 0. The Morgan fingerprint density at radius 3 is 1.60 bits per heavy atom. The van der Waals surface area contributed by atoms with Gasteiger partial charge < -0.3 is 14.9 Å². The number of hydrogen-bond donors (Lipinski definition) is 0. The zero-order valence-electron chi connectivity index (χ0n) is 29.9. The van der Waals surface area contributed by atoms with E-state index in [9.17, 15) is 0 Å². The van der Waals surface area contributed by atoms with Gasteiger partial charge in [0.2, 0.25) is 0 Å². The molecule has 50 heavy (non-hydrogen) atoms. The van der Waals surface area contributed by atoms with E-state index in [2.05, 4.69) is 174 Å². The number of hydrogen-bond acceptors (Lipinski definition) is 0. The Balaban J connectivity index is 0.000000308. The summed E-state index contributed by atoms with van der Waals surface area (Å²) in [6.45, 7) is 12.0. The van der Waals surface area contributed by atoms with Crippen molar-refractivity contribution >= 4 is 74.8 Å². The Kier molecular flexibility index (Phi) is 16.6. The van der Waals surface area contributed by atoms with Gasteiger partial charge in [0.15, 0.2) is 0 Å². The molecule has 0 aliphatic heterocycles. The molecule has 1 unspecified atom stereocenters. The number of rotatable bonds is 4. The number of fused-ring (bicyclic) bond motifs is 4. The van der Waals surface area contributed by atoms with Gasteiger partial charge in [-0.1, -0.05) is 142 Å². The molecule has 0 fully saturated rings. The van der Waals surface area contributed by atoms with Crippen LogP contribution >= 0.6 is 24.8 Å². The molecular formula is C46H46Cl2SiZr-4. The molecule has 1 atom stereocenters. The van der Waals surface area contributed by atoms with Gasteiger partial charge in [0.25, 0.3) is 0 Å². The van der Waals surface area contributed by atoms with E-state index in [0.29, 0.717) is 5.92 Å². The van der Waals surface area contributed by atoms with E-state index in [4.69, 9.17) is 0 Å². The molecule has 0 N–H and O–H groups in total. The van der Waals surface area contributed by atoms with Crippen LogP contribution in [0.15, 0.2) is 140 Å². The van der Waals surface area contributed by atoms with Gasteiger partial charge in [-0.2, -0.15) is 12.1 Å². The average molecular weight is 789 g/mol. The molecule has 8 rings (SSSR count). The van der Waals surface area contributed by atoms with Crippen molar-refractivity contribution in [1.29, 1.82) is 0 Å². The SMILES string of the molecule is CCC(C)c1cc2c(-c3cccc4ccccc34)cccc2[cH-]1.Cc1cc2c(-c3cccc4ccccc34)ccc(C)c2[cH-]1.Cl.Cl.[CH3-].[CH3-].[Si]=[Zr]. The van der Waals surface area contributed by atoms with Crippen LogP contribution in [0.25, 0.3) is 65.3 Å². The van der Waals surface area contributed by atoms with Crippen molar-refractivity contribution in [3.63, 3.8) is 0 Å². The molecule has 0 amide bonds. The summed E-state index contributed by atoms with van der Waals surface area (Å²) in [5, 5.41) is 10.7. The molecular weight excluding hydrogens is 743 g/mol. The van der Waals surface area contributed by atoms with Crippen molar-refractivity contribution in [3.05, 3.63) is 171 Å². The summed E-state index contributed by atoms with van der Waals surface area (Å²) in [6.07, 6.45) is 1.18. The van der Waals surface area contributed by atoms with Crippen LogP contribution in [0.5, 0.6) is 0 Å². The Labute approximate surface area is 329 Å². The molecule has 8 aromatic carbocycles. The molecule has 0 aliphatic carbocycles. The standard InChI is InChI=1S/C23H21.C21H17.2CH3.2ClH.Si.Zr/c1-3-16(2)19-14-18-10-7-13-22(23(18)15-19)21-12-6-9-17-8-4-5-11-20(17)21;1-14-12-20-15(2)10-11-19(21(20)13-14)18-9-5-7-16-6-3-4-8-17(16)18;;;;;;/h4-16H,3H2,1-2H3;3-13H,1-2H3;2*1H3;2*1H;;/q4*-1;;;;. The van der Waals surface area contributed by atoms with Gasteiger partial charge in [-0.05, 0) is 38.6 Å². The van der Waals surface area contributed by atoms with Gasteiger partial charge in [0.1, 0.15) is 0 Å². The molecule has 4 heteroatoms. The molecule has 0 saturated heterocycles. The third-order valence-electron chi connectivity index (χ3n) is 9.36. The number of benzene rings is 6. The third-order valence-corrected chi connectivity index (χ3v) is 9.36.